The number of carbonyl (C=O) groups is 1. The van der Waals surface area contributed by atoms with Crippen LogP contribution >= 0.6 is 11.6 Å². The predicted octanol–water partition coefficient (Wildman–Crippen LogP) is 1.34. The van der Waals surface area contributed by atoms with Gasteiger partial charge in [0.2, 0.25) is 5.91 Å². The average molecular weight is 268 g/mol. The minimum absolute atomic E-state index is 0.101. The highest BCUT2D eigenvalue weighted by atomic mass is 35.5. The first-order chi connectivity index (χ1) is 8.61. The van der Waals surface area contributed by atoms with E-state index in [1.807, 2.05) is 31.2 Å². The van der Waals surface area contributed by atoms with Gasteiger partial charge in [0.15, 0.2) is 0 Å². The van der Waals surface area contributed by atoms with Crippen LogP contribution in [0.1, 0.15) is 6.92 Å². The Morgan fingerprint density at radius 2 is 2.22 bits per heavy atom. The summed E-state index contributed by atoms with van der Waals surface area (Å²) in [5, 5.41) is 0.651. The summed E-state index contributed by atoms with van der Waals surface area (Å²) in [6.45, 7) is 4.57. The smallest absolute Gasteiger partial charge is 0.241 e. The number of carbonyl (C=O) groups excluding carboxylic acids is 1. The van der Waals surface area contributed by atoms with Crippen molar-refractivity contribution in [3.05, 3.63) is 29.3 Å². The molecule has 18 heavy (non-hydrogen) atoms. The lowest BCUT2D eigenvalue weighted by atomic mass is 10.2. The molecule has 98 valence electrons. The molecule has 0 aromatic heterocycles. The van der Waals surface area contributed by atoms with E-state index in [1.54, 1.807) is 4.90 Å². The summed E-state index contributed by atoms with van der Waals surface area (Å²) in [4.78, 5) is 16.0. The van der Waals surface area contributed by atoms with Gasteiger partial charge in [0.1, 0.15) is 0 Å². The fourth-order valence-corrected chi connectivity index (χ4v) is 2.32. The van der Waals surface area contributed by atoms with Gasteiger partial charge in [0.25, 0.3) is 0 Å². The van der Waals surface area contributed by atoms with Gasteiger partial charge in [0.05, 0.1) is 6.54 Å². The van der Waals surface area contributed by atoms with Crippen LogP contribution in [-0.2, 0) is 4.79 Å². The monoisotopic (exact) mass is 267 g/mol. The summed E-state index contributed by atoms with van der Waals surface area (Å²) in [6.07, 6.45) is 0. The molecule has 1 aliphatic rings. The zero-order valence-electron chi connectivity index (χ0n) is 10.5. The lowest BCUT2D eigenvalue weighted by Crippen LogP contribution is -2.54. The maximum Gasteiger partial charge on any atom is 0.241 e. The Morgan fingerprint density at radius 3 is 2.83 bits per heavy atom. The van der Waals surface area contributed by atoms with E-state index in [-0.39, 0.29) is 11.9 Å². The van der Waals surface area contributed by atoms with Crippen molar-refractivity contribution < 1.29 is 4.79 Å². The predicted molar refractivity (Wildman–Crippen MR) is 73.9 cm³/mol. The first-order valence-corrected chi connectivity index (χ1v) is 6.49. The molecule has 1 unspecified atom stereocenters. The molecule has 5 heteroatoms. The molecule has 0 radical (unpaired) electrons. The zero-order valence-corrected chi connectivity index (χ0v) is 11.2. The summed E-state index contributed by atoms with van der Waals surface area (Å²) in [6, 6.07) is 7.64. The van der Waals surface area contributed by atoms with Gasteiger partial charge in [-0.25, -0.2) is 0 Å². The summed E-state index contributed by atoms with van der Waals surface area (Å²) in [5.41, 5.74) is 6.50. The molecular weight excluding hydrogens is 250 g/mol. The lowest BCUT2D eigenvalue weighted by Gasteiger charge is -2.37. The van der Waals surface area contributed by atoms with E-state index >= 15 is 0 Å². The third-order valence-corrected chi connectivity index (χ3v) is 3.57. The van der Waals surface area contributed by atoms with Crippen molar-refractivity contribution in [1.29, 1.82) is 0 Å². The molecule has 1 saturated heterocycles. The van der Waals surface area contributed by atoms with E-state index in [2.05, 4.69) is 4.90 Å². The van der Waals surface area contributed by atoms with Crippen molar-refractivity contribution in [2.75, 3.05) is 31.1 Å². The first-order valence-electron chi connectivity index (χ1n) is 6.12. The summed E-state index contributed by atoms with van der Waals surface area (Å²) in [7, 11) is 0. The number of benzene rings is 1. The Morgan fingerprint density at radius 1 is 1.44 bits per heavy atom. The molecule has 1 aromatic carbocycles. The van der Waals surface area contributed by atoms with E-state index in [4.69, 9.17) is 17.3 Å². The van der Waals surface area contributed by atoms with Gasteiger partial charge in [-0.05, 0) is 25.1 Å². The van der Waals surface area contributed by atoms with Crippen LogP contribution < -0.4 is 10.6 Å². The van der Waals surface area contributed by atoms with E-state index < -0.39 is 0 Å². The largest absolute Gasteiger partial charge is 0.329 e. The average Bonchev–Trinajstić information content (AvgIpc) is 2.37. The molecule has 1 aliphatic heterocycles. The number of hydrogen-bond donors (Lipinski definition) is 1. The molecule has 2 N–H and O–H groups in total. The number of nitrogens with two attached hydrogens (primary N) is 1. The lowest BCUT2D eigenvalue weighted by molar-refractivity contribution is -0.121. The van der Waals surface area contributed by atoms with E-state index in [0.717, 1.165) is 12.2 Å². The number of halogens is 1. The second-order valence-corrected chi connectivity index (χ2v) is 5.02. The number of amides is 1. The highest BCUT2D eigenvalue weighted by molar-refractivity contribution is 6.30. The maximum atomic E-state index is 12.1. The third kappa shape index (κ3) is 2.83. The van der Waals surface area contributed by atoms with E-state index in [0.29, 0.717) is 24.7 Å². The molecule has 0 saturated carbocycles. The SMILES string of the molecule is CC(CN)N1CCN(c2cccc(Cl)c2)C(=O)C1. The molecule has 1 fully saturated rings. The van der Waals surface area contributed by atoms with Crippen LogP contribution in [-0.4, -0.2) is 43.0 Å². The van der Waals surface area contributed by atoms with Crippen molar-refractivity contribution in [3.63, 3.8) is 0 Å². The van der Waals surface area contributed by atoms with Crippen LogP contribution in [0.3, 0.4) is 0 Å². The highest BCUT2D eigenvalue weighted by Gasteiger charge is 2.27. The van der Waals surface area contributed by atoms with Crippen LogP contribution in [0.4, 0.5) is 5.69 Å². The van der Waals surface area contributed by atoms with Gasteiger partial charge >= 0.3 is 0 Å². The Labute approximate surface area is 112 Å². The van der Waals surface area contributed by atoms with Gasteiger partial charge in [-0.2, -0.15) is 0 Å². The van der Waals surface area contributed by atoms with E-state index in [9.17, 15) is 4.79 Å². The maximum absolute atomic E-state index is 12.1. The number of rotatable bonds is 3. The Kier molecular flexibility index (Phi) is 4.22. The standard InChI is InChI=1S/C13H18ClN3O/c1-10(8-15)16-5-6-17(13(18)9-16)12-4-2-3-11(14)7-12/h2-4,7,10H,5-6,8-9,15H2,1H3. The van der Waals surface area contributed by atoms with Crippen molar-refractivity contribution >= 4 is 23.2 Å². The topological polar surface area (TPSA) is 49.6 Å². The summed E-state index contributed by atoms with van der Waals surface area (Å²) < 4.78 is 0. The minimum Gasteiger partial charge on any atom is -0.329 e. The van der Waals surface area contributed by atoms with Crippen molar-refractivity contribution in [2.45, 2.75) is 13.0 Å². The fraction of sp³-hybridized carbons (Fsp3) is 0.462. The van der Waals surface area contributed by atoms with Crippen LogP contribution in [0.5, 0.6) is 0 Å². The first kappa shape index (κ1) is 13.3. The summed E-state index contributed by atoms with van der Waals surface area (Å²) in [5.74, 6) is 0.101. The van der Waals surface area contributed by atoms with Crippen molar-refractivity contribution in [3.8, 4) is 0 Å². The number of anilines is 1. The Bertz CT molecular complexity index is 438. The molecule has 0 spiro atoms. The zero-order chi connectivity index (χ0) is 13.1. The van der Waals surface area contributed by atoms with Gasteiger partial charge < -0.3 is 10.6 Å². The second-order valence-electron chi connectivity index (χ2n) is 4.58. The number of piperazine rings is 1. The van der Waals surface area contributed by atoms with Gasteiger partial charge in [0, 0.05) is 36.4 Å². The van der Waals surface area contributed by atoms with Crippen molar-refractivity contribution in [2.24, 2.45) is 5.73 Å². The third-order valence-electron chi connectivity index (χ3n) is 3.33. The molecule has 1 aromatic rings. The van der Waals surface area contributed by atoms with Crippen LogP contribution in [0.2, 0.25) is 5.02 Å². The van der Waals surface area contributed by atoms with Crippen molar-refractivity contribution in [1.82, 2.24) is 4.90 Å². The second kappa shape index (κ2) is 5.69. The molecule has 2 rings (SSSR count). The Hall–Kier alpha value is -1.10. The molecule has 4 nitrogen and oxygen atoms in total. The quantitative estimate of drug-likeness (QED) is 0.899. The van der Waals surface area contributed by atoms with Gasteiger partial charge in [-0.15, -0.1) is 0 Å². The summed E-state index contributed by atoms with van der Waals surface area (Å²) >= 11 is 5.95. The molecule has 0 aliphatic carbocycles. The molecule has 1 atom stereocenters. The minimum atomic E-state index is 0.101. The molecule has 1 amide bonds. The number of nitrogens with zero attached hydrogens (tertiary/aromatic N) is 2. The van der Waals surface area contributed by atoms with Crippen LogP contribution in [0.25, 0.3) is 0 Å². The van der Waals surface area contributed by atoms with Crippen LogP contribution in [0, 0.1) is 0 Å². The fourth-order valence-electron chi connectivity index (χ4n) is 2.13. The molecule has 1 heterocycles. The van der Waals surface area contributed by atoms with E-state index in [1.165, 1.54) is 0 Å². The van der Waals surface area contributed by atoms with Crippen LogP contribution in [0.15, 0.2) is 24.3 Å². The van der Waals surface area contributed by atoms with Gasteiger partial charge in [-0.3, -0.25) is 9.69 Å². The Balaban J connectivity index is 2.08. The number of hydrogen-bond acceptors (Lipinski definition) is 3. The molecule has 0 bridgehead atoms. The molecular formula is C13H18ClN3O. The van der Waals surface area contributed by atoms with Gasteiger partial charge in [-0.1, -0.05) is 17.7 Å². The normalized spacial score (nSPS) is 19.1. The highest BCUT2D eigenvalue weighted by Crippen LogP contribution is 2.21.